The zero-order chi connectivity index (χ0) is 12.7. The Balaban J connectivity index is 2.52. The molecule has 0 radical (unpaired) electrons. The Morgan fingerprint density at radius 1 is 1.24 bits per heavy atom. The van der Waals surface area contributed by atoms with E-state index < -0.39 is 0 Å². The van der Waals surface area contributed by atoms with E-state index in [0.717, 1.165) is 36.8 Å². The molecule has 1 unspecified atom stereocenters. The first-order chi connectivity index (χ1) is 8.15. The molecule has 1 aromatic heterocycles. The second-order valence-corrected chi connectivity index (χ2v) is 4.59. The predicted octanol–water partition coefficient (Wildman–Crippen LogP) is 2.27. The quantitative estimate of drug-likeness (QED) is 0.762. The number of nitrogens with one attached hydrogen (secondary N) is 1. The van der Waals surface area contributed by atoms with Crippen LogP contribution in [0.4, 0.5) is 5.95 Å². The van der Waals surface area contributed by atoms with Gasteiger partial charge in [0, 0.05) is 17.9 Å². The Bertz CT molecular complexity index is 312. The summed E-state index contributed by atoms with van der Waals surface area (Å²) in [5.41, 5.74) is 7.63. The average molecular weight is 236 g/mol. The van der Waals surface area contributed by atoms with Crippen LogP contribution in [0.5, 0.6) is 0 Å². The summed E-state index contributed by atoms with van der Waals surface area (Å²) in [6, 6.07) is 1.98. The SMILES string of the molecule is CCCC(CCN)CNc1nc(C)cc(C)n1. The lowest BCUT2D eigenvalue weighted by atomic mass is 10.00. The van der Waals surface area contributed by atoms with E-state index >= 15 is 0 Å². The van der Waals surface area contributed by atoms with Gasteiger partial charge in [0.2, 0.25) is 5.95 Å². The van der Waals surface area contributed by atoms with Gasteiger partial charge in [-0.05, 0) is 45.2 Å². The lowest BCUT2D eigenvalue weighted by Gasteiger charge is -2.16. The first-order valence-corrected chi connectivity index (χ1v) is 6.42. The summed E-state index contributed by atoms with van der Waals surface area (Å²) in [5.74, 6) is 1.36. The molecule has 3 N–H and O–H groups in total. The molecule has 0 fully saturated rings. The molecule has 1 aromatic rings. The maximum atomic E-state index is 5.62. The van der Waals surface area contributed by atoms with Gasteiger partial charge in [0.15, 0.2) is 0 Å². The molecule has 0 saturated carbocycles. The molecule has 1 rings (SSSR count). The van der Waals surface area contributed by atoms with Gasteiger partial charge in [-0.1, -0.05) is 13.3 Å². The molecule has 96 valence electrons. The summed E-state index contributed by atoms with van der Waals surface area (Å²) in [7, 11) is 0. The Morgan fingerprint density at radius 2 is 1.88 bits per heavy atom. The summed E-state index contributed by atoms with van der Waals surface area (Å²) < 4.78 is 0. The van der Waals surface area contributed by atoms with Gasteiger partial charge in [-0.2, -0.15) is 0 Å². The van der Waals surface area contributed by atoms with E-state index in [2.05, 4.69) is 22.2 Å². The fourth-order valence-corrected chi connectivity index (χ4v) is 2.03. The normalized spacial score (nSPS) is 12.5. The maximum Gasteiger partial charge on any atom is 0.223 e. The number of anilines is 1. The number of nitrogens with zero attached hydrogens (tertiary/aromatic N) is 2. The second kappa shape index (κ2) is 7.22. The fraction of sp³-hybridized carbons (Fsp3) is 0.692. The molecular formula is C13H24N4. The number of aryl methyl sites for hydroxylation is 2. The van der Waals surface area contributed by atoms with Crippen LogP contribution in [0.15, 0.2) is 6.07 Å². The zero-order valence-electron chi connectivity index (χ0n) is 11.2. The molecule has 0 aliphatic carbocycles. The molecule has 4 heteroatoms. The van der Waals surface area contributed by atoms with E-state index in [1.54, 1.807) is 0 Å². The van der Waals surface area contributed by atoms with Crippen molar-refractivity contribution >= 4 is 5.95 Å². The predicted molar refractivity (Wildman–Crippen MR) is 72.1 cm³/mol. The van der Waals surface area contributed by atoms with E-state index in [4.69, 9.17) is 5.73 Å². The van der Waals surface area contributed by atoms with Crippen LogP contribution in [-0.4, -0.2) is 23.1 Å². The van der Waals surface area contributed by atoms with Crippen molar-refractivity contribution < 1.29 is 0 Å². The highest BCUT2D eigenvalue weighted by Gasteiger charge is 2.07. The number of nitrogens with two attached hydrogens (primary N) is 1. The van der Waals surface area contributed by atoms with Crippen LogP contribution in [0.1, 0.15) is 37.6 Å². The van der Waals surface area contributed by atoms with Gasteiger partial charge in [-0.3, -0.25) is 0 Å². The maximum absolute atomic E-state index is 5.62. The molecule has 4 nitrogen and oxygen atoms in total. The van der Waals surface area contributed by atoms with Gasteiger partial charge in [0.05, 0.1) is 0 Å². The third kappa shape index (κ3) is 5.13. The van der Waals surface area contributed by atoms with Gasteiger partial charge >= 0.3 is 0 Å². The van der Waals surface area contributed by atoms with E-state index in [1.165, 1.54) is 12.8 Å². The average Bonchev–Trinajstić information content (AvgIpc) is 2.25. The topological polar surface area (TPSA) is 63.8 Å². The third-order valence-corrected chi connectivity index (χ3v) is 2.80. The van der Waals surface area contributed by atoms with Crippen molar-refractivity contribution in [1.82, 2.24) is 9.97 Å². The van der Waals surface area contributed by atoms with Crippen molar-refractivity contribution in [3.8, 4) is 0 Å². The smallest absolute Gasteiger partial charge is 0.223 e. The van der Waals surface area contributed by atoms with Crippen LogP contribution in [0.3, 0.4) is 0 Å². The molecule has 0 aromatic carbocycles. The number of hydrogen-bond acceptors (Lipinski definition) is 4. The third-order valence-electron chi connectivity index (χ3n) is 2.80. The molecule has 0 aliphatic rings. The van der Waals surface area contributed by atoms with E-state index in [0.29, 0.717) is 5.92 Å². The first-order valence-electron chi connectivity index (χ1n) is 6.42. The Labute approximate surface area is 104 Å². The van der Waals surface area contributed by atoms with Crippen LogP contribution in [0.2, 0.25) is 0 Å². The standard InChI is InChI=1S/C13H24N4/c1-4-5-12(6-7-14)9-15-13-16-10(2)8-11(3)17-13/h8,12H,4-7,9,14H2,1-3H3,(H,15,16,17). The Morgan fingerprint density at radius 3 is 2.41 bits per heavy atom. The molecule has 0 aliphatic heterocycles. The summed E-state index contributed by atoms with van der Waals surface area (Å²) in [6.45, 7) is 7.84. The van der Waals surface area contributed by atoms with Crippen molar-refractivity contribution in [2.75, 3.05) is 18.4 Å². The van der Waals surface area contributed by atoms with Crippen molar-refractivity contribution in [1.29, 1.82) is 0 Å². The lowest BCUT2D eigenvalue weighted by molar-refractivity contribution is 0.472. The van der Waals surface area contributed by atoms with E-state index in [9.17, 15) is 0 Å². The summed E-state index contributed by atoms with van der Waals surface area (Å²) in [6.07, 6.45) is 3.46. The number of rotatable bonds is 7. The molecule has 0 spiro atoms. The van der Waals surface area contributed by atoms with Gasteiger partial charge in [-0.25, -0.2) is 9.97 Å². The molecule has 1 heterocycles. The minimum atomic E-state index is 0.620. The Kier molecular flexibility index (Phi) is 5.91. The number of hydrogen-bond donors (Lipinski definition) is 2. The largest absolute Gasteiger partial charge is 0.354 e. The zero-order valence-corrected chi connectivity index (χ0v) is 11.2. The van der Waals surface area contributed by atoms with Crippen molar-refractivity contribution in [2.24, 2.45) is 11.7 Å². The Hall–Kier alpha value is -1.16. The van der Waals surface area contributed by atoms with Crippen molar-refractivity contribution in [3.63, 3.8) is 0 Å². The van der Waals surface area contributed by atoms with E-state index in [1.807, 2.05) is 19.9 Å². The summed E-state index contributed by atoms with van der Waals surface area (Å²) >= 11 is 0. The highest BCUT2D eigenvalue weighted by atomic mass is 15.1. The van der Waals surface area contributed by atoms with Crippen LogP contribution < -0.4 is 11.1 Å². The van der Waals surface area contributed by atoms with Crippen LogP contribution in [0, 0.1) is 19.8 Å². The monoisotopic (exact) mass is 236 g/mol. The highest BCUT2D eigenvalue weighted by molar-refractivity contribution is 5.27. The van der Waals surface area contributed by atoms with Crippen LogP contribution in [0.25, 0.3) is 0 Å². The molecule has 1 atom stereocenters. The molecule has 0 bridgehead atoms. The summed E-state index contributed by atoms with van der Waals surface area (Å²) in [5, 5.41) is 3.32. The van der Waals surface area contributed by atoms with Gasteiger partial charge in [-0.15, -0.1) is 0 Å². The van der Waals surface area contributed by atoms with Crippen LogP contribution >= 0.6 is 0 Å². The van der Waals surface area contributed by atoms with Crippen molar-refractivity contribution in [3.05, 3.63) is 17.5 Å². The van der Waals surface area contributed by atoms with E-state index in [-0.39, 0.29) is 0 Å². The fourth-order valence-electron chi connectivity index (χ4n) is 2.03. The van der Waals surface area contributed by atoms with Crippen LogP contribution in [-0.2, 0) is 0 Å². The first kappa shape index (κ1) is 13.9. The van der Waals surface area contributed by atoms with Gasteiger partial charge in [0.1, 0.15) is 0 Å². The van der Waals surface area contributed by atoms with Gasteiger partial charge < -0.3 is 11.1 Å². The van der Waals surface area contributed by atoms with Gasteiger partial charge in [0.25, 0.3) is 0 Å². The van der Waals surface area contributed by atoms with Crippen molar-refractivity contribution in [2.45, 2.75) is 40.0 Å². The molecular weight excluding hydrogens is 212 g/mol. The second-order valence-electron chi connectivity index (χ2n) is 4.59. The minimum Gasteiger partial charge on any atom is -0.354 e. The minimum absolute atomic E-state index is 0.620. The number of aromatic nitrogens is 2. The molecule has 0 amide bonds. The summed E-state index contributed by atoms with van der Waals surface area (Å²) in [4.78, 5) is 8.75. The molecule has 17 heavy (non-hydrogen) atoms. The molecule has 0 saturated heterocycles. The highest BCUT2D eigenvalue weighted by Crippen LogP contribution is 2.11. The lowest BCUT2D eigenvalue weighted by Crippen LogP contribution is -2.19.